The van der Waals surface area contributed by atoms with Gasteiger partial charge in [0, 0.05) is 23.1 Å². The van der Waals surface area contributed by atoms with E-state index in [1.54, 1.807) is 16.4 Å². The Morgan fingerprint density at radius 3 is 2.56 bits per heavy atom. The second-order valence-electron chi connectivity index (χ2n) is 8.98. The third-order valence-electron chi connectivity index (χ3n) is 7.06. The van der Waals surface area contributed by atoms with Gasteiger partial charge in [-0.1, -0.05) is 91.5 Å². The smallest absolute Gasteiger partial charge is 0.267 e. The van der Waals surface area contributed by atoms with Crippen molar-refractivity contribution >= 4 is 11.8 Å². The summed E-state index contributed by atoms with van der Waals surface area (Å²) in [5.41, 5.74) is 5.92. The molecule has 3 nitrogen and oxygen atoms in total. The van der Waals surface area contributed by atoms with Gasteiger partial charge in [0.2, 0.25) is 0 Å². The number of rotatable bonds is 5. The lowest BCUT2D eigenvalue weighted by Gasteiger charge is -2.43. The van der Waals surface area contributed by atoms with Gasteiger partial charge in [0.25, 0.3) is 5.56 Å². The van der Waals surface area contributed by atoms with E-state index in [9.17, 15) is 4.79 Å². The van der Waals surface area contributed by atoms with Gasteiger partial charge < -0.3 is 0 Å². The summed E-state index contributed by atoms with van der Waals surface area (Å²) in [4.78, 5) is 13.7. The van der Waals surface area contributed by atoms with Crippen molar-refractivity contribution in [1.82, 2.24) is 9.78 Å². The number of thioether (sulfide) groups is 1. The van der Waals surface area contributed by atoms with E-state index in [-0.39, 0.29) is 11.0 Å². The third-order valence-corrected chi connectivity index (χ3v) is 7.93. The van der Waals surface area contributed by atoms with Gasteiger partial charge in [-0.05, 0) is 42.4 Å². The van der Waals surface area contributed by atoms with E-state index in [4.69, 9.17) is 11.5 Å². The van der Waals surface area contributed by atoms with Gasteiger partial charge in [0.1, 0.15) is 5.03 Å². The average molecular weight is 441 g/mol. The highest BCUT2D eigenvalue weighted by atomic mass is 32.2. The fourth-order valence-electron chi connectivity index (χ4n) is 5.55. The molecule has 0 amide bonds. The summed E-state index contributed by atoms with van der Waals surface area (Å²) in [7, 11) is 0. The van der Waals surface area contributed by atoms with Crippen molar-refractivity contribution in [1.29, 1.82) is 0 Å². The summed E-state index contributed by atoms with van der Waals surface area (Å²) < 4.78 is 1.69. The molecule has 0 aliphatic heterocycles. The van der Waals surface area contributed by atoms with Crippen LogP contribution in [0.3, 0.4) is 0 Å². The molecule has 0 unspecified atom stereocenters. The van der Waals surface area contributed by atoms with Crippen LogP contribution in [0.2, 0.25) is 0 Å². The highest BCUT2D eigenvalue weighted by molar-refractivity contribution is 7.99. The van der Waals surface area contributed by atoms with Crippen LogP contribution in [0.1, 0.15) is 48.8 Å². The van der Waals surface area contributed by atoms with Crippen LogP contribution in [-0.4, -0.2) is 15.5 Å². The molecule has 0 saturated heterocycles. The maximum Gasteiger partial charge on any atom is 0.270 e. The standard InChI is InChI=1S/C28H28N2OS/c1-2-19-32-26-25-22-13-7-8-14-24(22)28(16-9-4-10-17-28)20-23(25)27(31)30(29-26)18-15-21-11-5-3-6-12-21/h1,3,5-8,11-14H,4,9-10,15-20H2. The molecule has 1 saturated carbocycles. The SMILES string of the molecule is C#CCSc1nn(CCc2ccccc2)c(=O)c2c1-c1ccccc1C1(CCCCC1)C2. The van der Waals surface area contributed by atoms with Crippen molar-refractivity contribution in [3.63, 3.8) is 0 Å². The number of nitrogens with zero attached hydrogens (tertiary/aromatic N) is 2. The topological polar surface area (TPSA) is 34.9 Å². The number of benzene rings is 2. The van der Waals surface area contributed by atoms with Crippen LogP contribution in [0, 0.1) is 12.3 Å². The predicted octanol–water partition coefficient (Wildman–Crippen LogP) is 5.64. The van der Waals surface area contributed by atoms with Gasteiger partial charge in [-0.25, -0.2) is 4.68 Å². The van der Waals surface area contributed by atoms with Crippen molar-refractivity contribution < 1.29 is 0 Å². The number of aromatic nitrogens is 2. The quantitative estimate of drug-likeness (QED) is 0.381. The van der Waals surface area contributed by atoms with Crippen LogP contribution in [0.5, 0.6) is 0 Å². The second-order valence-corrected chi connectivity index (χ2v) is 9.94. The molecule has 32 heavy (non-hydrogen) atoms. The van der Waals surface area contributed by atoms with Gasteiger partial charge in [0.15, 0.2) is 0 Å². The molecule has 1 spiro atoms. The van der Waals surface area contributed by atoms with E-state index in [2.05, 4.69) is 42.3 Å². The van der Waals surface area contributed by atoms with Crippen molar-refractivity contribution in [3.05, 3.63) is 81.6 Å². The number of fused-ring (bicyclic) bond motifs is 4. The van der Waals surface area contributed by atoms with E-state index in [1.165, 1.54) is 36.0 Å². The maximum atomic E-state index is 13.7. The van der Waals surface area contributed by atoms with Crippen molar-refractivity contribution in [2.45, 2.75) is 61.9 Å². The summed E-state index contributed by atoms with van der Waals surface area (Å²) in [6, 6.07) is 19.0. The fraction of sp³-hybridized carbons (Fsp3) is 0.357. The van der Waals surface area contributed by atoms with Crippen molar-refractivity contribution in [3.8, 4) is 23.5 Å². The third kappa shape index (κ3) is 3.80. The first-order chi connectivity index (χ1) is 15.7. The summed E-state index contributed by atoms with van der Waals surface area (Å²) in [5, 5.41) is 5.73. The molecule has 1 heterocycles. The lowest BCUT2D eigenvalue weighted by Crippen LogP contribution is -2.40. The van der Waals surface area contributed by atoms with Gasteiger partial charge >= 0.3 is 0 Å². The molecule has 2 aliphatic rings. The molecule has 3 aromatic rings. The normalized spacial score (nSPS) is 16.2. The zero-order valence-electron chi connectivity index (χ0n) is 18.3. The molecule has 0 radical (unpaired) electrons. The minimum Gasteiger partial charge on any atom is -0.267 e. The number of terminal acetylenes is 1. The molecular formula is C28H28N2OS. The fourth-order valence-corrected chi connectivity index (χ4v) is 6.31. The zero-order chi connectivity index (χ0) is 22.0. The monoisotopic (exact) mass is 440 g/mol. The van der Waals surface area contributed by atoms with Crippen molar-refractivity contribution in [2.75, 3.05) is 5.75 Å². The van der Waals surface area contributed by atoms with Gasteiger partial charge in [-0.2, -0.15) is 5.10 Å². The van der Waals surface area contributed by atoms with E-state index < -0.39 is 0 Å². The van der Waals surface area contributed by atoms with E-state index in [1.807, 2.05) is 18.2 Å². The Bertz CT molecular complexity index is 1220. The van der Waals surface area contributed by atoms with Crippen molar-refractivity contribution in [2.24, 2.45) is 0 Å². The minimum atomic E-state index is 0.0699. The molecule has 1 fully saturated rings. The summed E-state index contributed by atoms with van der Waals surface area (Å²) in [6.45, 7) is 0.578. The van der Waals surface area contributed by atoms with E-state index in [0.717, 1.165) is 41.8 Å². The molecule has 4 heteroatoms. The maximum absolute atomic E-state index is 13.7. The largest absolute Gasteiger partial charge is 0.270 e. The van der Waals surface area contributed by atoms with Gasteiger partial charge in [-0.15, -0.1) is 6.42 Å². The second kappa shape index (κ2) is 9.00. The Kier molecular flexibility index (Phi) is 5.93. The molecule has 1 aromatic heterocycles. The highest BCUT2D eigenvalue weighted by Gasteiger charge is 2.42. The van der Waals surface area contributed by atoms with Gasteiger partial charge in [-0.3, -0.25) is 4.79 Å². The average Bonchev–Trinajstić information content (AvgIpc) is 2.84. The Morgan fingerprint density at radius 1 is 1.03 bits per heavy atom. The van der Waals surface area contributed by atoms with Gasteiger partial charge in [0.05, 0.1) is 5.75 Å². The summed E-state index contributed by atoms with van der Waals surface area (Å²) in [5.74, 6) is 3.28. The first-order valence-electron chi connectivity index (χ1n) is 11.6. The Balaban J connectivity index is 1.63. The Labute approximate surface area is 194 Å². The van der Waals surface area contributed by atoms with Crippen LogP contribution in [0.15, 0.2) is 64.4 Å². The van der Waals surface area contributed by atoms with Crippen LogP contribution >= 0.6 is 11.8 Å². The predicted molar refractivity (Wildman–Crippen MR) is 132 cm³/mol. The molecular weight excluding hydrogens is 412 g/mol. The summed E-state index contributed by atoms with van der Waals surface area (Å²) in [6.07, 6.45) is 13.3. The summed E-state index contributed by atoms with van der Waals surface area (Å²) >= 11 is 1.57. The molecule has 0 N–H and O–H groups in total. The van der Waals surface area contributed by atoms with Crippen LogP contribution in [0.4, 0.5) is 0 Å². The number of aryl methyl sites for hydroxylation is 2. The molecule has 0 atom stereocenters. The molecule has 5 rings (SSSR count). The molecule has 162 valence electrons. The van der Waals surface area contributed by atoms with Crippen LogP contribution in [-0.2, 0) is 24.8 Å². The lowest BCUT2D eigenvalue weighted by atomic mass is 9.61. The lowest BCUT2D eigenvalue weighted by molar-refractivity contribution is 0.286. The minimum absolute atomic E-state index is 0.0699. The first kappa shape index (κ1) is 21.1. The first-order valence-corrected chi connectivity index (χ1v) is 12.5. The Hall–Kier alpha value is -2.77. The number of hydrogen-bond acceptors (Lipinski definition) is 3. The zero-order valence-corrected chi connectivity index (χ0v) is 19.2. The highest BCUT2D eigenvalue weighted by Crippen LogP contribution is 2.51. The molecule has 0 bridgehead atoms. The Morgan fingerprint density at radius 2 is 1.78 bits per heavy atom. The van der Waals surface area contributed by atoms with E-state index in [0.29, 0.717) is 12.3 Å². The number of hydrogen-bond donors (Lipinski definition) is 0. The van der Waals surface area contributed by atoms with Crippen LogP contribution < -0.4 is 5.56 Å². The van der Waals surface area contributed by atoms with Crippen LogP contribution in [0.25, 0.3) is 11.1 Å². The van der Waals surface area contributed by atoms with E-state index >= 15 is 0 Å². The molecule has 2 aromatic carbocycles. The molecule has 2 aliphatic carbocycles.